The van der Waals surface area contributed by atoms with Gasteiger partial charge in [-0.25, -0.2) is 5.10 Å². The lowest BCUT2D eigenvalue weighted by molar-refractivity contribution is -0.115. The Kier molecular flexibility index (Phi) is 4.82. The highest BCUT2D eigenvalue weighted by Gasteiger charge is 2.10. The standard InChI is InChI=1S/C20H14ClN5O2/c21-16-9-10-17(24-23-16)22-18(27)11-12-5-7-13(8-6-12)19-14-3-1-2-4-15(14)20(28)26-25-19/h1-10H,11H2,(H,26,28)(H,22,24,27). The average Bonchev–Trinajstić information content (AvgIpc) is 2.71. The number of aromatic nitrogens is 4. The van der Waals surface area contributed by atoms with Crippen molar-refractivity contribution >= 4 is 34.1 Å². The fourth-order valence-electron chi connectivity index (χ4n) is 2.87. The highest BCUT2D eigenvalue weighted by atomic mass is 35.5. The van der Waals surface area contributed by atoms with Crippen LogP contribution in [0.15, 0.2) is 65.5 Å². The summed E-state index contributed by atoms with van der Waals surface area (Å²) in [7, 11) is 0. The molecule has 0 aliphatic carbocycles. The number of amides is 1. The van der Waals surface area contributed by atoms with Crippen LogP contribution in [0.3, 0.4) is 0 Å². The van der Waals surface area contributed by atoms with Crippen LogP contribution in [0.25, 0.3) is 22.0 Å². The van der Waals surface area contributed by atoms with Gasteiger partial charge in [-0.3, -0.25) is 9.59 Å². The monoisotopic (exact) mass is 391 g/mol. The van der Waals surface area contributed by atoms with Crippen molar-refractivity contribution in [2.24, 2.45) is 0 Å². The summed E-state index contributed by atoms with van der Waals surface area (Å²) in [5.74, 6) is 0.131. The van der Waals surface area contributed by atoms with Crippen molar-refractivity contribution in [2.45, 2.75) is 6.42 Å². The third-order valence-corrected chi connectivity index (χ3v) is 4.39. The normalized spacial score (nSPS) is 10.8. The first-order chi connectivity index (χ1) is 13.6. The van der Waals surface area contributed by atoms with E-state index in [1.165, 1.54) is 0 Å². The minimum atomic E-state index is -0.224. The van der Waals surface area contributed by atoms with E-state index in [0.29, 0.717) is 16.9 Å². The summed E-state index contributed by atoms with van der Waals surface area (Å²) in [5, 5.41) is 18.5. The van der Waals surface area contributed by atoms with E-state index in [4.69, 9.17) is 11.6 Å². The Hall–Kier alpha value is -3.58. The van der Waals surface area contributed by atoms with E-state index >= 15 is 0 Å². The van der Waals surface area contributed by atoms with Crippen molar-refractivity contribution in [2.75, 3.05) is 5.32 Å². The number of halogens is 1. The molecule has 4 rings (SSSR count). The van der Waals surface area contributed by atoms with E-state index < -0.39 is 0 Å². The molecule has 0 bridgehead atoms. The summed E-state index contributed by atoms with van der Waals surface area (Å²) in [6.45, 7) is 0. The molecule has 0 aliphatic heterocycles. The van der Waals surface area contributed by atoms with Crippen LogP contribution in [-0.2, 0) is 11.2 Å². The van der Waals surface area contributed by atoms with Crippen molar-refractivity contribution in [1.82, 2.24) is 20.4 Å². The zero-order chi connectivity index (χ0) is 19.5. The zero-order valence-corrected chi connectivity index (χ0v) is 15.3. The Bertz CT molecular complexity index is 1200. The second-order valence-electron chi connectivity index (χ2n) is 6.11. The van der Waals surface area contributed by atoms with Crippen molar-refractivity contribution in [1.29, 1.82) is 0 Å². The van der Waals surface area contributed by atoms with Crippen molar-refractivity contribution in [3.63, 3.8) is 0 Å². The van der Waals surface area contributed by atoms with Crippen molar-refractivity contribution in [3.05, 3.63) is 81.7 Å². The Labute approximate surface area is 164 Å². The summed E-state index contributed by atoms with van der Waals surface area (Å²) in [6.07, 6.45) is 0.185. The number of carbonyl (C=O) groups excluding carboxylic acids is 1. The molecule has 0 saturated carbocycles. The van der Waals surface area contributed by atoms with Gasteiger partial charge in [-0.2, -0.15) is 5.10 Å². The SMILES string of the molecule is O=C(Cc1ccc(-c2n[nH]c(=O)c3ccccc23)cc1)Nc1ccc(Cl)nn1. The molecule has 8 heteroatoms. The molecule has 4 aromatic rings. The molecule has 2 N–H and O–H groups in total. The maximum absolute atomic E-state index is 12.2. The van der Waals surface area contributed by atoms with Crippen LogP contribution >= 0.6 is 11.6 Å². The number of carbonyl (C=O) groups is 1. The van der Waals surface area contributed by atoms with Gasteiger partial charge in [-0.15, -0.1) is 10.2 Å². The quantitative estimate of drug-likeness (QED) is 0.556. The van der Waals surface area contributed by atoms with Crippen LogP contribution in [0.2, 0.25) is 5.15 Å². The maximum atomic E-state index is 12.2. The summed E-state index contributed by atoms with van der Waals surface area (Å²) in [4.78, 5) is 24.1. The zero-order valence-electron chi connectivity index (χ0n) is 14.5. The van der Waals surface area contributed by atoms with Crippen LogP contribution < -0.4 is 10.9 Å². The summed E-state index contributed by atoms with van der Waals surface area (Å²) < 4.78 is 0. The predicted molar refractivity (Wildman–Crippen MR) is 107 cm³/mol. The lowest BCUT2D eigenvalue weighted by Gasteiger charge is -2.07. The lowest BCUT2D eigenvalue weighted by Crippen LogP contribution is -2.15. The summed E-state index contributed by atoms with van der Waals surface area (Å²) >= 11 is 5.68. The van der Waals surface area contributed by atoms with E-state index in [0.717, 1.165) is 16.5 Å². The van der Waals surface area contributed by atoms with Gasteiger partial charge in [0.15, 0.2) is 11.0 Å². The van der Waals surface area contributed by atoms with E-state index in [9.17, 15) is 9.59 Å². The molecular weight excluding hydrogens is 378 g/mol. The van der Waals surface area contributed by atoms with E-state index in [1.807, 2.05) is 42.5 Å². The number of nitrogens with zero attached hydrogens (tertiary/aromatic N) is 3. The Morgan fingerprint density at radius 1 is 0.964 bits per heavy atom. The van der Waals surface area contributed by atoms with Gasteiger partial charge in [-0.1, -0.05) is 54.1 Å². The molecule has 1 amide bonds. The Balaban J connectivity index is 1.53. The number of anilines is 1. The highest BCUT2D eigenvalue weighted by molar-refractivity contribution is 6.29. The summed E-state index contributed by atoms with van der Waals surface area (Å²) in [6, 6.07) is 17.9. The van der Waals surface area contributed by atoms with Crippen LogP contribution in [0.1, 0.15) is 5.56 Å². The van der Waals surface area contributed by atoms with Gasteiger partial charge in [0.1, 0.15) is 0 Å². The fourth-order valence-corrected chi connectivity index (χ4v) is 2.97. The second kappa shape index (κ2) is 7.58. The predicted octanol–water partition coefficient (Wildman–Crippen LogP) is 3.21. The van der Waals surface area contributed by atoms with Gasteiger partial charge in [0, 0.05) is 10.9 Å². The topological polar surface area (TPSA) is 101 Å². The number of fused-ring (bicyclic) bond motifs is 1. The smallest absolute Gasteiger partial charge is 0.272 e. The van der Waals surface area contributed by atoms with Gasteiger partial charge in [0.25, 0.3) is 5.56 Å². The van der Waals surface area contributed by atoms with Gasteiger partial charge < -0.3 is 5.32 Å². The van der Waals surface area contributed by atoms with Gasteiger partial charge in [-0.05, 0) is 23.8 Å². The van der Waals surface area contributed by atoms with E-state index in [2.05, 4.69) is 25.7 Å². The van der Waals surface area contributed by atoms with Crippen molar-refractivity contribution in [3.8, 4) is 11.3 Å². The summed E-state index contributed by atoms with van der Waals surface area (Å²) in [5.41, 5.74) is 2.14. The first kappa shape index (κ1) is 17.8. The van der Waals surface area contributed by atoms with Crippen LogP contribution in [-0.4, -0.2) is 26.3 Å². The molecule has 0 spiro atoms. The van der Waals surface area contributed by atoms with Gasteiger partial charge in [0.2, 0.25) is 5.91 Å². The Morgan fingerprint density at radius 2 is 1.71 bits per heavy atom. The van der Waals surface area contributed by atoms with E-state index in [1.54, 1.807) is 18.2 Å². The first-order valence-electron chi connectivity index (χ1n) is 8.46. The molecule has 0 saturated heterocycles. The van der Waals surface area contributed by atoms with Gasteiger partial charge in [0.05, 0.1) is 17.5 Å². The molecular formula is C20H14ClN5O2. The number of hydrogen-bond donors (Lipinski definition) is 2. The lowest BCUT2D eigenvalue weighted by atomic mass is 10.0. The van der Waals surface area contributed by atoms with Crippen LogP contribution in [0.5, 0.6) is 0 Å². The largest absolute Gasteiger partial charge is 0.309 e. The number of hydrogen-bond acceptors (Lipinski definition) is 5. The van der Waals surface area contributed by atoms with Crippen molar-refractivity contribution < 1.29 is 4.79 Å². The minimum Gasteiger partial charge on any atom is -0.309 e. The molecule has 2 heterocycles. The third kappa shape index (κ3) is 3.74. The van der Waals surface area contributed by atoms with Gasteiger partial charge >= 0.3 is 0 Å². The number of H-pyrrole nitrogens is 1. The first-order valence-corrected chi connectivity index (χ1v) is 8.84. The molecule has 7 nitrogen and oxygen atoms in total. The van der Waals surface area contributed by atoms with Crippen LogP contribution in [0, 0.1) is 0 Å². The average molecular weight is 392 g/mol. The number of aromatic amines is 1. The number of rotatable bonds is 4. The third-order valence-electron chi connectivity index (χ3n) is 4.19. The molecule has 0 fully saturated rings. The molecule has 0 atom stereocenters. The molecule has 2 aromatic heterocycles. The highest BCUT2D eigenvalue weighted by Crippen LogP contribution is 2.24. The van der Waals surface area contributed by atoms with E-state index in [-0.39, 0.29) is 23.0 Å². The molecule has 0 unspecified atom stereocenters. The molecule has 28 heavy (non-hydrogen) atoms. The second-order valence-corrected chi connectivity index (χ2v) is 6.50. The Morgan fingerprint density at radius 3 is 2.43 bits per heavy atom. The minimum absolute atomic E-state index is 0.185. The molecule has 0 aliphatic rings. The molecule has 0 radical (unpaired) electrons. The fraction of sp³-hybridized carbons (Fsp3) is 0.0500. The maximum Gasteiger partial charge on any atom is 0.272 e. The number of nitrogens with one attached hydrogen (secondary N) is 2. The molecule has 2 aromatic carbocycles. The molecule has 138 valence electrons. The number of benzene rings is 2. The van der Waals surface area contributed by atoms with Crippen LogP contribution in [0.4, 0.5) is 5.82 Å².